The summed E-state index contributed by atoms with van der Waals surface area (Å²) in [6.45, 7) is 3.03. The van der Waals surface area contributed by atoms with Crippen LogP contribution in [0.4, 0.5) is 0 Å². The fourth-order valence-corrected chi connectivity index (χ4v) is 2.14. The van der Waals surface area contributed by atoms with Gasteiger partial charge in [0, 0.05) is 32.4 Å². The Morgan fingerprint density at radius 3 is 3.11 bits per heavy atom. The molecule has 0 radical (unpaired) electrons. The zero-order valence-corrected chi connectivity index (χ0v) is 10.4. The van der Waals surface area contributed by atoms with E-state index < -0.39 is 0 Å². The Bertz CT molecular complexity index is 587. The van der Waals surface area contributed by atoms with Crippen molar-refractivity contribution >= 4 is 5.91 Å². The van der Waals surface area contributed by atoms with E-state index in [1.165, 1.54) is 0 Å². The molecule has 2 aromatic rings. The minimum atomic E-state index is -0.0787. The summed E-state index contributed by atoms with van der Waals surface area (Å²) in [6, 6.07) is 0. The molecule has 3 rings (SSSR count). The summed E-state index contributed by atoms with van der Waals surface area (Å²) in [4.78, 5) is 18.2. The topological polar surface area (TPSA) is 94.9 Å². The number of fused-ring (bicyclic) bond motifs is 1. The van der Waals surface area contributed by atoms with E-state index >= 15 is 0 Å². The zero-order valence-electron chi connectivity index (χ0n) is 10.4. The van der Waals surface area contributed by atoms with E-state index in [0.29, 0.717) is 31.9 Å². The third kappa shape index (κ3) is 2.22. The van der Waals surface area contributed by atoms with Gasteiger partial charge in [0.25, 0.3) is 5.91 Å². The lowest BCUT2D eigenvalue weighted by Gasteiger charge is -2.26. The van der Waals surface area contributed by atoms with E-state index in [4.69, 9.17) is 5.73 Å². The first kappa shape index (κ1) is 11.8. The van der Waals surface area contributed by atoms with Crippen LogP contribution in [0.1, 0.15) is 16.3 Å². The largest absolute Gasteiger partial charge is 0.335 e. The van der Waals surface area contributed by atoms with Gasteiger partial charge in [-0.2, -0.15) is 0 Å². The van der Waals surface area contributed by atoms with Crippen LogP contribution in [0.3, 0.4) is 0 Å². The van der Waals surface area contributed by atoms with Gasteiger partial charge in [-0.25, -0.2) is 4.98 Å². The number of nitrogens with zero attached hydrogens (tertiary/aromatic N) is 6. The molecule has 0 unspecified atom stereocenters. The van der Waals surface area contributed by atoms with Crippen molar-refractivity contribution < 1.29 is 4.79 Å². The minimum Gasteiger partial charge on any atom is -0.335 e. The molecule has 2 aromatic heterocycles. The Morgan fingerprint density at radius 2 is 2.26 bits per heavy atom. The molecular formula is C11H15N7O. The highest BCUT2D eigenvalue weighted by Gasteiger charge is 2.24. The highest BCUT2D eigenvalue weighted by molar-refractivity contribution is 5.92. The number of hydrogen-bond donors (Lipinski definition) is 1. The summed E-state index contributed by atoms with van der Waals surface area (Å²) in [5.74, 6) is 0.728. The summed E-state index contributed by atoms with van der Waals surface area (Å²) in [6.07, 6.45) is 5.05. The molecule has 0 saturated carbocycles. The molecule has 8 nitrogen and oxygen atoms in total. The maximum absolute atomic E-state index is 12.3. The molecule has 100 valence electrons. The van der Waals surface area contributed by atoms with Crippen LogP contribution in [0.25, 0.3) is 0 Å². The molecule has 0 saturated heterocycles. The van der Waals surface area contributed by atoms with Crippen molar-refractivity contribution in [3.63, 3.8) is 0 Å². The molecule has 8 heteroatoms. The number of aromatic nitrogens is 5. The molecule has 0 atom stereocenters. The van der Waals surface area contributed by atoms with Crippen molar-refractivity contribution in [2.75, 3.05) is 13.1 Å². The lowest BCUT2D eigenvalue weighted by molar-refractivity contribution is 0.0702. The predicted molar refractivity (Wildman–Crippen MR) is 66.0 cm³/mol. The summed E-state index contributed by atoms with van der Waals surface area (Å²) in [7, 11) is 0. The molecule has 0 bridgehead atoms. The van der Waals surface area contributed by atoms with Crippen molar-refractivity contribution in [3.8, 4) is 0 Å². The Kier molecular flexibility index (Phi) is 3.00. The summed E-state index contributed by atoms with van der Waals surface area (Å²) < 4.78 is 3.77. The molecule has 2 N–H and O–H groups in total. The lowest BCUT2D eigenvalue weighted by Crippen LogP contribution is -2.38. The van der Waals surface area contributed by atoms with Crippen LogP contribution in [0.2, 0.25) is 0 Å². The van der Waals surface area contributed by atoms with Crippen LogP contribution in [0, 0.1) is 0 Å². The average Bonchev–Trinajstić information content (AvgIpc) is 3.05. The first-order chi connectivity index (χ1) is 9.28. The van der Waals surface area contributed by atoms with Crippen LogP contribution in [-0.4, -0.2) is 48.2 Å². The number of carbonyl (C=O) groups excluding carboxylic acids is 1. The Morgan fingerprint density at radius 1 is 1.37 bits per heavy atom. The Hall–Kier alpha value is -2.22. The maximum atomic E-state index is 12.3. The molecule has 0 fully saturated rings. The van der Waals surface area contributed by atoms with Crippen molar-refractivity contribution in [3.05, 3.63) is 30.4 Å². The second kappa shape index (κ2) is 4.81. The number of amides is 1. The van der Waals surface area contributed by atoms with Crippen molar-refractivity contribution in [2.24, 2.45) is 5.73 Å². The Balaban J connectivity index is 1.74. The first-order valence-corrected chi connectivity index (χ1v) is 6.15. The SMILES string of the molecule is NCCn1cnc(C(=O)N2CCn3cnnc3C2)c1. The summed E-state index contributed by atoms with van der Waals surface area (Å²) in [5, 5.41) is 7.83. The van der Waals surface area contributed by atoms with Crippen LogP contribution in [0.15, 0.2) is 18.9 Å². The molecule has 3 heterocycles. The van der Waals surface area contributed by atoms with Crippen LogP contribution >= 0.6 is 0 Å². The van der Waals surface area contributed by atoms with E-state index in [-0.39, 0.29) is 5.91 Å². The van der Waals surface area contributed by atoms with E-state index in [1.807, 2.05) is 9.13 Å². The Labute approximate surface area is 109 Å². The van der Waals surface area contributed by atoms with Gasteiger partial charge in [-0.3, -0.25) is 4.79 Å². The molecule has 1 amide bonds. The monoisotopic (exact) mass is 261 g/mol. The van der Waals surface area contributed by atoms with Crippen LogP contribution in [0.5, 0.6) is 0 Å². The lowest BCUT2D eigenvalue weighted by atomic mass is 10.3. The van der Waals surface area contributed by atoms with Gasteiger partial charge in [0.15, 0.2) is 5.82 Å². The third-order valence-corrected chi connectivity index (χ3v) is 3.17. The maximum Gasteiger partial charge on any atom is 0.274 e. The smallest absolute Gasteiger partial charge is 0.274 e. The van der Waals surface area contributed by atoms with Gasteiger partial charge in [0.2, 0.25) is 0 Å². The van der Waals surface area contributed by atoms with Gasteiger partial charge in [0.05, 0.1) is 12.9 Å². The highest BCUT2D eigenvalue weighted by Crippen LogP contribution is 2.12. The third-order valence-electron chi connectivity index (χ3n) is 3.17. The van der Waals surface area contributed by atoms with Gasteiger partial charge in [-0.15, -0.1) is 10.2 Å². The van der Waals surface area contributed by atoms with Crippen LogP contribution in [-0.2, 0) is 19.6 Å². The molecule has 0 spiro atoms. The van der Waals surface area contributed by atoms with Gasteiger partial charge in [0.1, 0.15) is 12.0 Å². The molecule has 19 heavy (non-hydrogen) atoms. The first-order valence-electron chi connectivity index (χ1n) is 6.15. The number of imidazole rings is 1. The van der Waals surface area contributed by atoms with Crippen molar-refractivity contribution in [2.45, 2.75) is 19.6 Å². The zero-order chi connectivity index (χ0) is 13.2. The molecule has 0 aromatic carbocycles. The van der Waals surface area contributed by atoms with Crippen molar-refractivity contribution in [1.29, 1.82) is 0 Å². The van der Waals surface area contributed by atoms with E-state index in [2.05, 4.69) is 15.2 Å². The molecule has 1 aliphatic heterocycles. The predicted octanol–water partition coefficient (Wildman–Crippen LogP) is -0.911. The second-order valence-electron chi connectivity index (χ2n) is 4.45. The minimum absolute atomic E-state index is 0.0787. The fraction of sp³-hybridized carbons (Fsp3) is 0.455. The van der Waals surface area contributed by atoms with Gasteiger partial charge in [-0.05, 0) is 0 Å². The van der Waals surface area contributed by atoms with Gasteiger partial charge >= 0.3 is 0 Å². The number of nitrogens with two attached hydrogens (primary N) is 1. The molecule has 1 aliphatic rings. The van der Waals surface area contributed by atoms with Gasteiger partial charge in [-0.1, -0.05) is 0 Å². The average molecular weight is 261 g/mol. The quantitative estimate of drug-likeness (QED) is 0.771. The highest BCUT2D eigenvalue weighted by atomic mass is 16.2. The van der Waals surface area contributed by atoms with Crippen molar-refractivity contribution in [1.82, 2.24) is 29.2 Å². The van der Waals surface area contributed by atoms with E-state index in [1.54, 1.807) is 23.8 Å². The fourth-order valence-electron chi connectivity index (χ4n) is 2.14. The number of hydrogen-bond acceptors (Lipinski definition) is 5. The van der Waals surface area contributed by atoms with Gasteiger partial charge < -0.3 is 19.8 Å². The summed E-state index contributed by atoms with van der Waals surface area (Å²) in [5.41, 5.74) is 5.91. The van der Waals surface area contributed by atoms with E-state index in [0.717, 1.165) is 12.4 Å². The molecular weight excluding hydrogens is 246 g/mol. The second-order valence-corrected chi connectivity index (χ2v) is 4.45. The number of carbonyl (C=O) groups is 1. The summed E-state index contributed by atoms with van der Waals surface area (Å²) >= 11 is 0. The normalized spacial score (nSPS) is 14.5. The number of rotatable bonds is 3. The molecule has 0 aliphatic carbocycles. The van der Waals surface area contributed by atoms with E-state index in [9.17, 15) is 4.79 Å². The van der Waals surface area contributed by atoms with Crippen LogP contribution < -0.4 is 5.73 Å². The standard InChI is InChI=1S/C11H15N7O/c12-1-2-16-5-9(13-7-16)11(19)17-3-4-18-8-14-15-10(18)6-17/h5,7-8H,1-4,6,12H2.